The largest absolute Gasteiger partial charge is 0.480 e. The Bertz CT molecular complexity index is 1160. The number of carboxylic acids is 1. The lowest BCUT2D eigenvalue weighted by atomic mass is 9.98. The van der Waals surface area contributed by atoms with Gasteiger partial charge in [-0.1, -0.05) is 48.5 Å². The fourth-order valence-corrected chi connectivity index (χ4v) is 3.99. The van der Waals surface area contributed by atoms with Crippen molar-refractivity contribution < 1.29 is 24.2 Å². The number of hydrogen-bond donors (Lipinski definition) is 2. The Morgan fingerprint density at radius 1 is 0.939 bits per heavy atom. The second-order valence-electron chi connectivity index (χ2n) is 7.96. The van der Waals surface area contributed by atoms with Gasteiger partial charge in [-0.25, -0.2) is 9.59 Å². The van der Waals surface area contributed by atoms with Gasteiger partial charge in [0.25, 0.3) is 5.91 Å². The number of rotatable bonds is 6. The minimum absolute atomic E-state index is 0.0325. The molecule has 168 valence electrons. The molecule has 7 nitrogen and oxygen atoms in total. The lowest BCUT2D eigenvalue weighted by Gasteiger charge is -2.21. The minimum atomic E-state index is -1.08. The van der Waals surface area contributed by atoms with Crippen LogP contribution in [0.1, 0.15) is 34.3 Å². The number of benzene rings is 3. The Morgan fingerprint density at radius 3 is 2.03 bits per heavy atom. The van der Waals surface area contributed by atoms with Crippen molar-refractivity contribution in [1.82, 2.24) is 4.90 Å². The number of carbonyl (C=O) groups is 3. The van der Waals surface area contributed by atoms with Gasteiger partial charge in [-0.15, -0.1) is 0 Å². The number of amides is 2. The highest BCUT2D eigenvalue weighted by atomic mass is 16.5. The summed E-state index contributed by atoms with van der Waals surface area (Å²) in [5.41, 5.74) is 5.37. The van der Waals surface area contributed by atoms with Crippen LogP contribution in [-0.4, -0.2) is 47.7 Å². The Labute approximate surface area is 191 Å². The Kier molecular flexibility index (Phi) is 6.13. The van der Waals surface area contributed by atoms with Crippen LogP contribution in [0.5, 0.6) is 0 Å². The predicted octanol–water partition coefficient (Wildman–Crippen LogP) is 4.59. The average Bonchev–Trinajstić information content (AvgIpc) is 3.15. The van der Waals surface area contributed by atoms with Crippen molar-refractivity contribution in [3.05, 3.63) is 89.5 Å². The van der Waals surface area contributed by atoms with E-state index in [2.05, 4.69) is 29.6 Å². The van der Waals surface area contributed by atoms with Crippen molar-refractivity contribution in [3.63, 3.8) is 0 Å². The third kappa shape index (κ3) is 4.43. The molecule has 1 aliphatic carbocycles. The topological polar surface area (TPSA) is 95.9 Å². The summed E-state index contributed by atoms with van der Waals surface area (Å²) >= 11 is 0. The molecule has 3 aromatic carbocycles. The molecule has 0 unspecified atom stereocenters. The lowest BCUT2D eigenvalue weighted by molar-refractivity contribution is -0.141. The van der Waals surface area contributed by atoms with Gasteiger partial charge in [0.2, 0.25) is 0 Å². The predicted molar refractivity (Wildman–Crippen MR) is 124 cm³/mol. The van der Waals surface area contributed by atoms with Gasteiger partial charge in [0.15, 0.2) is 0 Å². The lowest BCUT2D eigenvalue weighted by Crippen LogP contribution is -2.40. The molecule has 0 radical (unpaired) electrons. The first-order valence-electron chi connectivity index (χ1n) is 10.6. The maximum Gasteiger partial charge on any atom is 0.411 e. The molecule has 2 amide bonds. The number of nitrogens with zero attached hydrogens (tertiary/aromatic N) is 1. The molecule has 33 heavy (non-hydrogen) atoms. The van der Waals surface area contributed by atoms with Gasteiger partial charge in [-0.2, -0.15) is 0 Å². The summed E-state index contributed by atoms with van der Waals surface area (Å²) in [5, 5.41) is 11.7. The van der Waals surface area contributed by atoms with E-state index in [9.17, 15) is 14.4 Å². The third-order valence-electron chi connectivity index (χ3n) is 5.98. The van der Waals surface area contributed by atoms with Crippen molar-refractivity contribution in [2.75, 3.05) is 19.0 Å². The molecule has 2 N–H and O–H groups in total. The molecule has 0 saturated heterocycles. The number of anilines is 1. The summed E-state index contributed by atoms with van der Waals surface area (Å²) in [6.07, 6.45) is -0.590. The van der Waals surface area contributed by atoms with E-state index >= 15 is 0 Å². The van der Waals surface area contributed by atoms with Crippen LogP contribution in [0.25, 0.3) is 11.1 Å². The number of likely N-dealkylation sites (N-methyl/N-ethyl adjacent to an activating group) is 1. The first-order chi connectivity index (χ1) is 15.9. The van der Waals surface area contributed by atoms with E-state index in [1.165, 1.54) is 26.1 Å². The average molecular weight is 444 g/mol. The first-order valence-corrected chi connectivity index (χ1v) is 10.6. The summed E-state index contributed by atoms with van der Waals surface area (Å²) in [5.74, 6) is -1.54. The van der Waals surface area contributed by atoms with Gasteiger partial charge in [0, 0.05) is 24.2 Å². The molecule has 1 atom stereocenters. The minimum Gasteiger partial charge on any atom is -0.480 e. The SMILES string of the molecule is C[C@@H](C(=O)O)N(C)C(=O)c1ccc(NC(=O)OCC2c3ccccc3-c3ccccc32)cc1. The molecule has 7 heteroatoms. The molecule has 0 spiro atoms. The van der Waals surface area contributed by atoms with E-state index in [-0.39, 0.29) is 12.5 Å². The summed E-state index contributed by atoms with van der Waals surface area (Å²) in [6.45, 7) is 1.64. The molecular weight excluding hydrogens is 420 g/mol. The summed E-state index contributed by atoms with van der Waals surface area (Å²) < 4.78 is 5.53. The van der Waals surface area contributed by atoms with E-state index < -0.39 is 24.0 Å². The molecule has 0 bridgehead atoms. The number of ether oxygens (including phenoxy) is 1. The van der Waals surface area contributed by atoms with Crippen molar-refractivity contribution >= 4 is 23.7 Å². The van der Waals surface area contributed by atoms with Crippen molar-refractivity contribution in [2.24, 2.45) is 0 Å². The molecule has 1 aliphatic rings. The fourth-order valence-electron chi connectivity index (χ4n) is 3.99. The normalized spacial score (nSPS) is 12.9. The third-order valence-corrected chi connectivity index (χ3v) is 5.98. The van der Waals surface area contributed by atoms with Crippen LogP contribution in [0, 0.1) is 0 Å². The zero-order valence-corrected chi connectivity index (χ0v) is 18.3. The van der Waals surface area contributed by atoms with Gasteiger partial charge in [-0.05, 0) is 53.4 Å². The number of aliphatic carboxylic acids is 1. The van der Waals surface area contributed by atoms with E-state index in [0.29, 0.717) is 11.3 Å². The molecule has 0 heterocycles. The van der Waals surface area contributed by atoms with Gasteiger partial charge < -0.3 is 14.7 Å². The van der Waals surface area contributed by atoms with Gasteiger partial charge in [-0.3, -0.25) is 10.1 Å². The second-order valence-corrected chi connectivity index (χ2v) is 7.96. The van der Waals surface area contributed by atoms with Gasteiger partial charge >= 0.3 is 12.1 Å². The first kappa shape index (κ1) is 22.1. The molecule has 4 rings (SSSR count). The number of carboxylic acid groups (broad SMARTS) is 1. The Balaban J connectivity index is 1.38. The zero-order valence-electron chi connectivity index (χ0n) is 18.3. The van der Waals surface area contributed by atoms with Crippen molar-refractivity contribution in [2.45, 2.75) is 18.9 Å². The van der Waals surface area contributed by atoms with Crippen LogP contribution in [0.15, 0.2) is 72.8 Å². The highest BCUT2D eigenvalue weighted by Crippen LogP contribution is 2.44. The summed E-state index contributed by atoms with van der Waals surface area (Å²) in [4.78, 5) is 37.1. The summed E-state index contributed by atoms with van der Waals surface area (Å²) in [7, 11) is 1.43. The van der Waals surface area contributed by atoms with Crippen LogP contribution in [-0.2, 0) is 9.53 Å². The summed E-state index contributed by atoms with van der Waals surface area (Å²) in [6, 6.07) is 21.5. The highest BCUT2D eigenvalue weighted by molar-refractivity contribution is 5.97. The van der Waals surface area contributed by atoms with Crippen LogP contribution in [0.4, 0.5) is 10.5 Å². The Hall–Kier alpha value is -4.13. The molecule has 0 aliphatic heterocycles. The number of hydrogen-bond acceptors (Lipinski definition) is 4. The van der Waals surface area contributed by atoms with Crippen molar-refractivity contribution in [1.29, 1.82) is 0 Å². The van der Waals surface area contributed by atoms with Crippen LogP contribution in [0.3, 0.4) is 0 Å². The zero-order chi connectivity index (χ0) is 23.5. The van der Waals surface area contributed by atoms with Gasteiger partial charge in [0.05, 0.1) is 0 Å². The quantitative estimate of drug-likeness (QED) is 0.580. The monoisotopic (exact) mass is 444 g/mol. The van der Waals surface area contributed by atoms with Crippen molar-refractivity contribution in [3.8, 4) is 11.1 Å². The van der Waals surface area contributed by atoms with E-state index in [1.54, 1.807) is 12.1 Å². The second kappa shape index (κ2) is 9.16. The number of fused-ring (bicyclic) bond motifs is 3. The molecule has 0 aromatic heterocycles. The van der Waals surface area contributed by atoms with Crippen LogP contribution < -0.4 is 5.32 Å². The van der Waals surface area contributed by atoms with E-state index in [0.717, 1.165) is 27.2 Å². The van der Waals surface area contributed by atoms with E-state index in [1.807, 2.05) is 24.3 Å². The molecule has 0 saturated carbocycles. The number of nitrogens with one attached hydrogen (secondary N) is 1. The molecule has 3 aromatic rings. The van der Waals surface area contributed by atoms with Crippen LogP contribution >= 0.6 is 0 Å². The van der Waals surface area contributed by atoms with E-state index in [4.69, 9.17) is 9.84 Å². The molecule has 0 fully saturated rings. The van der Waals surface area contributed by atoms with Gasteiger partial charge in [0.1, 0.15) is 12.6 Å². The number of carbonyl (C=O) groups excluding carboxylic acids is 2. The molecular formula is C26H24N2O5. The Morgan fingerprint density at radius 2 is 1.48 bits per heavy atom. The maximum atomic E-state index is 12.4. The smallest absolute Gasteiger partial charge is 0.411 e. The fraction of sp³-hybridized carbons (Fsp3) is 0.192. The highest BCUT2D eigenvalue weighted by Gasteiger charge is 2.29. The maximum absolute atomic E-state index is 12.4. The standard InChI is InChI=1S/C26H24N2O5/c1-16(25(30)31)28(2)24(29)17-11-13-18(14-12-17)27-26(32)33-15-23-21-9-5-3-7-19(21)20-8-4-6-10-22(20)23/h3-14,16,23H,15H2,1-2H3,(H,27,32)(H,30,31)/t16-/m0/s1. The van der Waals surface area contributed by atoms with Crippen LogP contribution in [0.2, 0.25) is 0 Å².